The summed E-state index contributed by atoms with van der Waals surface area (Å²) in [6, 6.07) is 4.96. The fourth-order valence-electron chi connectivity index (χ4n) is 2.65. The second-order valence-corrected chi connectivity index (χ2v) is 6.42. The lowest BCUT2D eigenvalue weighted by Gasteiger charge is -2.51. The van der Waals surface area contributed by atoms with E-state index < -0.39 is 4.92 Å². The molecule has 1 aromatic carbocycles. The topological polar surface area (TPSA) is 64.4 Å². The standard InChI is InChI=1S/C15H21ClN2O3/c1-4-8-17-12-9-13(15(12,2)3)21-14-10(16)6-5-7-11(14)18(19)20/h5-7,12-13,17H,4,8-9H2,1-3H3. The van der Waals surface area contributed by atoms with Crippen LogP contribution in [0.3, 0.4) is 0 Å². The molecule has 0 saturated heterocycles. The van der Waals surface area contributed by atoms with Crippen molar-refractivity contribution >= 4 is 17.3 Å². The number of para-hydroxylation sites is 1. The van der Waals surface area contributed by atoms with Gasteiger partial charge in [-0.15, -0.1) is 0 Å². The van der Waals surface area contributed by atoms with Crippen LogP contribution in [0.25, 0.3) is 0 Å². The Kier molecular flexibility index (Phi) is 4.74. The van der Waals surface area contributed by atoms with Crippen molar-refractivity contribution in [2.75, 3.05) is 6.54 Å². The number of nitrogens with one attached hydrogen (secondary N) is 1. The van der Waals surface area contributed by atoms with Gasteiger partial charge in [-0.1, -0.05) is 38.4 Å². The van der Waals surface area contributed by atoms with E-state index in [-0.39, 0.29) is 28.0 Å². The summed E-state index contributed by atoms with van der Waals surface area (Å²) in [5.41, 5.74) is -0.161. The Bertz CT molecular complexity index is 534. The highest BCUT2D eigenvalue weighted by Crippen LogP contribution is 2.46. The maximum absolute atomic E-state index is 11.1. The molecule has 1 fully saturated rings. The molecule has 0 aliphatic heterocycles. The smallest absolute Gasteiger partial charge is 0.312 e. The van der Waals surface area contributed by atoms with Gasteiger partial charge < -0.3 is 10.1 Å². The third-order valence-corrected chi connectivity index (χ3v) is 4.52. The molecule has 0 spiro atoms. The van der Waals surface area contributed by atoms with Gasteiger partial charge in [0.1, 0.15) is 6.10 Å². The van der Waals surface area contributed by atoms with E-state index in [1.165, 1.54) is 6.07 Å². The number of halogens is 1. The third kappa shape index (κ3) is 3.14. The molecule has 1 aromatic rings. The molecule has 6 heteroatoms. The maximum atomic E-state index is 11.1. The molecule has 5 nitrogen and oxygen atoms in total. The van der Waals surface area contributed by atoms with Crippen molar-refractivity contribution in [1.29, 1.82) is 0 Å². The lowest BCUT2D eigenvalue weighted by molar-refractivity contribution is -0.386. The van der Waals surface area contributed by atoms with Gasteiger partial charge in [-0.3, -0.25) is 10.1 Å². The Morgan fingerprint density at radius 2 is 2.24 bits per heavy atom. The first-order chi connectivity index (χ1) is 9.87. The van der Waals surface area contributed by atoms with Gasteiger partial charge in [0, 0.05) is 23.9 Å². The van der Waals surface area contributed by atoms with E-state index in [9.17, 15) is 10.1 Å². The number of benzene rings is 1. The van der Waals surface area contributed by atoms with Gasteiger partial charge in [0.25, 0.3) is 0 Å². The molecular weight excluding hydrogens is 292 g/mol. The maximum Gasteiger partial charge on any atom is 0.312 e. The molecule has 2 rings (SSSR count). The molecule has 0 amide bonds. The second-order valence-electron chi connectivity index (χ2n) is 6.02. The van der Waals surface area contributed by atoms with Crippen LogP contribution in [0.1, 0.15) is 33.6 Å². The molecule has 21 heavy (non-hydrogen) atoms. The Morgan fingerprint density at radius 1 is 1.52 bits per heavy atom. The fraction of sp³-hybridized carbons (Fsp3) is 0.600. The van der Waals surface area contributed by atoms with Gasteiger partial charge >= 0.3 is 5.69 Å². The lowest BCUT2D eigenvalue weighted by Crippen LogP contribution is -2.62. The summed E-state index contributed by atoms with van der Waals surface area (Å²) in [6.07, 6.45) is 1.83. The van der Waals surface area contributed by atoms with E-state index in [1.807, 2.05) is 0 Å². The van der Waals surface area contributed by atoms with Crippen molar-refractivity contribution in [3.63, 3.8) is 0 Å². The van der Waals surface area contributed by atoms with E-state index in [1.54, 1.807) is 12.1 Å². The van der Waals surface area contributed by atoms with Crippen LogP contribution in [0.2, 0.25) is 5.02 Å². The second kappa shape index (κ2) is 6.20. The predicted octanol–water partition coefficient (Wildman–Crippen LogP) is 3.79. The summed E-state index contributed by atoms with van der Waals surface area (Å²) >= 11 is 6.07. The summed E-state index contributed by atoms with van der Waals surface area (Å²) < 4.78 is 5.89. The zero-order valence-corrected chi connectivity index (χ0v) is 13.3. The number of ether oxygens (including phenoxy) is 1. The van der Waals surface area contributed by atoms with E-state index >= 15 is 0 Å². The Labute approximate surface area is 129 Å². The normalized spacial score (nSPS) is 23.4. The Hall–Kier alpha value is -1.33. The summed E-state index contributed by atoms with van der Waals surface area (Å²) in [5.74, 6) is 0.177. The molecule has 0 radical (unpaired) electrons. The zero-order chi connectivity index (χ0) is 15.6. The first-order valence-electron chi connectivity index (χ1n) is 7.20. The fourth-order valence-corrected chi connectivity index (χ4v) is 2.86. The van der Waals surface area contributed by atoms with Crippen molar-refractivity contribution in [2.45, 2.75) is 45.8 Å². The number of rotatable bonds is 6. The molecule has 0 bridgehead atoms. The molecule has 2 atom stereocenters. The molecule has 1 saturated carbocycles. The van der Waals surface area contributed by atoms with Crippen LogP contribution in [0.4, 0.5) is 5.69 Å². The average molecular weight is 313 g/mol. The largest absolute Gasteiger partial charge is 0.482 e. The van der Waals surface area contributed by atoms with Crippen molar-refractivity contribution in [3.05, 3.63) is 33.3 Å². The molecule has 0 heterocycles. The predicted molar refractivity (Wildman–Crippen MR) is 83.0 cm³/mol. The van der Waals surface area contributed by atoms with Crippen LogP contribution in [0.15, 0.2) is 18.2 Å². The number of hydrogen-bond acceptors (Lipinski definition) is 4. The van der Waals surface area contributed by atoms with E-state index in [4.69, 9.17) is 16.3 Å². The number of nitro groups is 1. The van der Waals surface area contributed by atoms with Gasteiger partial charge in [-0.05, 0) is 19.0 Å². The molecule has 1 aliphatic rings. The van der Waals surface area contributed by atoms with Gasteiger partial charge in [0.05, 0.1) is 9.95 Å². The lowest BCUT2D eigenvalue weighted by atomic mass is 9.64. The minimum absolute atomic E-state index is 0.0783. The summed E-state index contributed by atoms with van der Waals surface area (Å²) in [4.78, 5) is 10.6. The molecular formula is C15H21ClN2O3. The molecule has 116 valence electrons. The summed E-state index contributed by atoms with van der Waals surface area (Å²) in [7, 11) is 0. The van der Waals surface area contributed by atoms with Crippen molar-refractivity contribution in [2.24, 2.45) is 5.41 Å². The van der Waals surface area contributed by atoms with Crippen molar-refractivity contribution in [3.8, 4) is 5.75 Å². The van der Waals surface area contributed by atoms with E-state index in [0.29, 0.717) is 6.04 Å². The highest BCUT2D eigenvalue weighted by Gasteiger charge is 2.50. The van der Waals surface area contributed by atoms with Crippen LogP contribution in [-0.2, 0) is 0 Å². The zero-order valence-electron chi connectivity index (χ0n) is 12.6. The minimum Gasteiger partial charge on any atom is -0.482 e. The number of nitro benzene ring substituents is 1. The molecule has 0 aromatic heterocycles. The molecule has 1 aliphatic carbocycles. The van der Waals surface area contributed by atoms with Gasteiger partial charge in [0.2, 0.25) is 5.75 Å². The Morgan fingerprint density at radius 3 is 2.81 bits per heavy atom. The van der Waals surface area contributed by atoms with Crippen molar-refractivity contribution < 1.29 is 9.66 Å². The average Bonchev–Trinajstić information content (AvgIpc) is 2.43. The number of hydrogen-bond donors (Lipinski definition) is 1. The minimum atomic E-state index is -0.459. The molecule has 2 unspecified atom stereocenters. The SMILES string of the molecule is CCCNC1CC(Oc2c(Cl)cccc2[N+](=O)[O-])C1(C)C. The first-order valence-corrected chi connectivity index (χ1v) is 7.58. The van der Waals surface area contributed by atoms with Crippen LogP contribution < -0.4 is 10.1 Å². The van der Waals surface area contributed by atoms with E-state index in [0.717, 1.165) is 19.4 Å². The quantitative estimate of drug-likeness (QED) is 0.641. The van der Waals surface area contributed by atoms with Gasteiger partial charge in [-0.2, -0.15) is 0 Å². The number of nitrogens with zero attached hydrogens (tertiary/aromatic N) is 1. The van der Waals surface area contributed by atoms with Gasteiger partial charge in [-0.25, -0.2) is 0 Å². The highest BCUT2D eigenvalue weighted by molar-refractivity contribution is 6.32. The Balaban J connectivity index is 2.12. The van der Waals surface area contributed by atoms with E-state index in [2.05, 4.69) is 26.1 Å². The molecule has 1 N–H and O–H groups in total. The van der Waals surface area contributed by atoms with Crippen LogP contribution in [-0.4, -0.2) is 23.6 Å². The van der Waals surface area contributed by atoms with Crippen LogP contribution in [0.5, 0.6) is 5.75 Å². The summed E-state index contributed by atoms with van der Waals surface area (Å²) in [5, 5.41) is 14.8. The first kappa shape index (κ1) is 16.0. The van der Waals surface area contributed by atoms with Gasteiger partial charge in [0.15, 0.2) is 0 Å². The van der Waals surface area contributed by atoms with Crippen LogP contribution in [0, 0.1) is 15.5 Å². The van der Waals surface area contributed by atoms with Crippen molar-refractivity contribution in [1.82, 2.24) is 5.32 Å². The summed E-state index contributed by atoms with van der Waals surface area (Å²) in [6.45, 7) is 7.31. The monoisotopic (exact) mass is 312 g/mol. The highest BCUT2D eigenvalue weighted by atomic mass is 35.5. The third-order valence-electron chi connectivity index (χ3n) is 4.22. The van der Waals surface area contributed by atoms with Crippen LogP contribution >= 0.6 is 11.6 Å².